The van der Waals surface area contributed by atoms with E-state index in [0.29, 0.717) is 19.4 Å². The van der Waals surface area contributed by atoms with Crippen LogP contribution in [0.25, 0.3) is 6.08 Å². The van der Waals surface area contributed by atoms with Gasteiger partial charge < -0.3 is 5.32 Å². The highest BCUT2D eigenvalue weighted by Crippen LogP contribution is 2.09. The van der Waals surface area contributed by atoms with Crippen molar-refractivity contribution >= 4 is 17.9 Å². The maximum Gasteiger partial charge on any atom is 0.253 e. The van der Waals surface area contributed by atoms with E-state index in [1.54, 1.807) is 0 Å². The van der Waals surface area contributed by atoms with E-state index >= 15 is 0 Å². The first-order valence-corrected chi connectivity index (χ1v) is 8.13. The Labute approximate surface area is 140 Å². The molecule has 122 valence electrons. The van der Waals surface area contributed by atoms with Gasteiger partial charge >= 0.3 is 0 Å². The van der Waals surface area contributed by atoms with Crippen molar-refractivity contribution in [2.75, 3.05) is 6.54 Å². The molecule has 2 aromatic rings. The molecule has 0 radical (unpaired) electrons. The Morgan fingerprint density at radius 1 is 1.17 bits per heavy atom. The molecule has 3 rings (SSSR count). The lowest BCUT2D eigenvalue weighted by Gasteiger charge is -2.13. The summed E-state index contributed by atoms with van der Waals surface area (Å²) in [7, 11) is 0. The van der Waals surface area contributed by atoms with Crippen LogP contribution in [0.15, 0.2) is 53.5 Å². The van der Waals surface area contributed by atoms with Gasteiger partial charge in [0.1, 0.15) is 0 Å². The van der Waals surface area contributed by atoms with Crippen LogP contribution in [0.1, 0.15) is 17.5 Å². The highest BCUT2D eigenvalue weighted by Gasteiger charge is 2.18. The van der Waals surface area contributed by atoms with E-state index in [4.69, 9.17) is 0 Å². The van der Waals surface area contributed by atoms with Crippen molar-refractivity contribution in [3.63, 3.8) is 0 Å². The molecule has 0 aliphatic carbocycles. The number of hydrogen-bond donors (Lipinski definition) is 1. The second-order valence-electron chi connectivity index (χ2n) is 6.09. The molecule has 1 unspecified atom stereocenters. The number of nitrogens with one attached hydrogen (secondary N) is 1. The van der Waals surface area contributed by atoms with Gasteiger partial charge in [0.25, 0.3) is 5.91 Å². The van der Waals surface area contributed by atoms with Crippen LogP contribution in [0.3, 0.4) is 0 Å². The molecule has 4 nitrogen and oxygen atoms in total. The van der Waals surface area contributed by atoms with Gasteiger partial charge in [-0.3, -0.25) is 9.59 Å². The summed E-state index contributed by atoms with van der Waals surface area (Å²) in [6.45, 7) is 2.45. The quantitative estimate of drug-likeness (QED) is 0.903. The number of carbonyl (C=O) groups is 2. The fourth-order valence-corrected chi connectivity index (χ4v) is 2.80. The minimum atomic E-state index is -0.266. The number of benzene rings is 2. The lowest BCUT2D eigenvalue weighted by atomic mass is 9.99. The molecular formula is C20H20N2O2. The van der Waals surface area contributed by atoms with E-state index in [2.05, 4.69) is 10.3 Å². The Balaban J connectivity index is 1.56. The van der Waals surface area contributed by atoms with Gasteiger partial charge in [0.15, 0.2) is 0 Å². The predicted octanol–water partition coefficient (Wildman–Crippen LogP) is 1.30. The molecule has 2 amide bonds. The molecule has 24 heavy (non-hydrogen) atoms. The predicted molar refractivity (Wildman–Crippen MR) is 92.7 cm³/mol. The minimum Gasteiger partial charge on any atom is -0.356 e. The third-order valence-corrected chi connectivity index (χ3v) is 4.10. The second-order valence-corrected chi connectivity index (χ2v) is 6.09. The second kappa shape index (κ2) is 7.21. The van der Waals surface area contributed by atoms with E-state index in [-0.39, 0.29) is 17.7 Å². The summed E-state index contributed by atoms with van der Waals surface area (Å²) in [5.41, 5.74) is 2.07. The van der Waals surface area contributed by atoms with Gasteiger partial charge in [-0.05, 0) is 35.8 Å². The van der Waals surface area contributed by atoms with E-state index in [0.717, 1.165) is 21.7 Å². The Morgan fingerprint density at radius 2 is 1.96 bits per heavy atom. The number of amides is 2. The van der Waals surface area contributed by atoms with Crippen molar-refractivity contribution in [3.8, 4) is 0 Å². The molecule has 4 heteroatoms. The van der Waals surface area contributed by atoms with Crippen LogP contribution < -0.4 is 15.9 Å². The molecular weight excluding hydrogens is 300 g/mol. The first-order valence-electron chi connectivity index (χ1n) is 8.13. The van der Waals surface area contributed by atoms with Crippen LogP contribution in [0.2, 0.25) is 0 Å². The summed E-state index contributed by atoms with van der Waals surface area (Å²) in [5.74, 6) is -0.430. The molecule has 1 heterocycles. The molecule has 1 aliphatic heterocycles. The van der Waals surface area contributed by atoms with Gasteiger partial charge in [-0.25, -0.2) is 4.99 Å². The van der Waals surface area contributed by atoms with Gasteiger partial charge in [0, 0.05) is 6.54 Å². The van der Waals surface area contributed by atoms with Crippen LogP contribution in [0.4, 0.5) is 0 Å². The summed E-state index contributed by atoms with van der Waals surface area (Å²) in [4.78, 5) is 28.2. The molecule has 1 N–H and O–H groups in total. The van der Waals surface area contributed by atoms with Crippen molar-refractivity contribution in [1.82, 2.24) is 5.32 Å². The van der Waals surface area contributed by atoms with Gasteiger partial charge in [0.05, 0.1) is 17.7 Å². The lowest BCUT2D eigenvalue weighted by molar-refractivity contribution is -0.122. The fourth-order valence-electron chi connectivity index (χ4n) is 2.80. The number of aryl methyl sites for hydroxylation is 1. The zero-order valence-corrected chi connectivity index (χ0v) is 13.7. The van der Waals surface area contributed by atoms with Crippen LogP contribution in [0.5, 0.6) is 0 Å². The highest BCUT2D eigenvalue weighted by atomic mass is 16.2. The number of hydrogen-bond acceptors (Lipinski definition) is 2. The number of carbonyl (C=O) groups excluding carboxylic acids is 2. The van der Waals surface area contributed by atoms with E-state index in [1.165, 1.54) is 0 Å². The van der Waals surface area contributed by atoms with Crippen LogP contribution in [-0.2, 0) is 16.0 Å². The molecule has 1 aliphatic rings. The minimum absolute atomic E-state index is 0.0302. The molecule has 0 spiro atoms. The zero-order chi connectivity index (χ0) is 16.9. The Bertz CT molecular complexity index is 872. The van der Waals surface area contributed by atoms with E-state index < -0.39 is 0 Å². The average Bonchev–Trinajstić information content (AvgIpc) is 2.56. The standard InChI is InChI=1S/C20H20N2O2/c1-14-7-8-16-13-17(20(24)22-18(16)11-14)9-10-21-19(23)12-15-5-3-2-4-6-15/h2-8,11,13,17H,9-10,12H2,1H3,(H,21,23). The normalized spacial score (nSPS) is 15.9. The van der Waals surface area contributed by atoms with Crippen molar-refractivity contribution in [3.05, 3.63) is 70.2 Å². The van der Waals surface area contributed by atoms with Crippen LogP contribution in [-0.4, -0.2) is 18.4 Å². The monoisotopic (exact) mass is 320 g/mol. The first kappa shape index (κ1) is 16.1. The van der Waals surface area contributed by atoms with Gasteiger partial charge in [0.2, 0.25) is 5.91 Å². The Hall–Kier alpha value is -2.75. The molecule has 0 saturated carbocycles. The van der Waals surface area contributed by atoms with Crippen molar-refractivity contribution in [2.45, 2.75) is 19.8 Å². The maximum atomic E-state index is 12.1. The first-order chi connectivity index (χ1) is 11.6. The van der Waals surface area contributed by atoms with E-state index in [9.17, 15) is 9.59 Å². The summed E-state index contributed by atoms with van der Waals surface area (Å²) < 4.78 is 0. The number of nitrogens with zero attached hydrogens (tertiary/aromatic N) is 1. The molecule has 0 fully saturated rings. The number of fused-ring (bicyclic) bond motifs is 1. The Kier molecular flexibility index (Phi) is 4.85. The molecule has 0 saturated heterocycles. The molecule has 1 atom stereocenters. The largest absolute Gasteiger partial charge is 0.356 e. The van der Waals surface area contributed by atoms with Crippen molar-refractivity contribution in [1.29, 1.82) is 0 Å². The van der Waals surface area contributed by atoms with Crippen molar-refractivity contribution < 1.29 is 9.59 Å². The van der Waals surface area contributed by atoms with Gasteiger partial charge in [-0.1, -0.05) is 48.5 Å². The fraction of sp³-hybridized carbons (Fsp3) is 0.250. The maximum absolute atomic E-state index is 12.1. The van der Waals surface area contributed by atoms with Crippen LogP contribution >= 0.6 is 0 Å². The Morgan fingerprint density at radius 3 is 2.75 bits per heavy atom. The smallest absolute Gasteiger partial charge is 0.253 e. The highest BCUT2D eigenvalue weighted by molar-refractivity contribution is 5.86. The summed E-state index contributed by atoms with van der Waals surface area (Å²) >= 11 is 0. The third-order valence-electron chi connectivity index (χ3n) is 4.10. The van der Waals surface area contributed by atoms with Gasteiger partial charge in [-0.2, -0.15) is 0 Å². The SMILES string of the molecule is Cc1ccc2c(c1)=NC(=O)C(CCNC(=O)Cc1ccccc1)C=2. The molecule has 0 aromatic heterocycles. The summed E-state index contributed by atoms with van der Waals surface area (Å²) in [6, 6.07) is 15.5. The lowest BCUT2D eigenvalue weighted by Crippen LogP contribution is -2.35. The summed E-state index contributed by atoms with van der Waals surface area (Å²) in [6.07, 6.45) is 2.87. The van der Waals surface area contributed by atoms with Crippen LogP contribution in [0, 0.1) is 12.8 Å². The molecule has 2 aromatic carbocycles. The van der Waals surface area contributed by atoms with Gasteiger partial charge in [-0.15, -0.1) is 0 Å². The number of rotatable bonds is 5. The molecule has 0 bridgehead atoms. The van der Waals surface area contributed by atoms with E-state index in [1.807, 2.05) is 61.5 Å². The average molecular weight is 320 g/mol. The van der Waals surface area contributed by atoms with Crippen molar-refractivity contribution in [2.24, 2.45) is 10.9 Å². The topological polar surface area (TPSA) is 58.5 Å². The zero-order valence-electron chi connectivity index (χ0n) is 13.7. The summed E-state index contributed by atoms with van der Waals surface area (Å²) in [5, 5.41) is 4.61. The third kappa shape index (κ3) is 3.96.